The van der Waals surface area contributed by atoms with Crippen LogP contribution in [-0.4, -0.2) is 22.5 Å². The van der Waals surface area contributed by atoms with Crippen LogP contribution in [0.25, 0.3) is 5.65 Å². The SMILES string of the molecule is COC(=O)c1ccc(N=Nc2c(C(C)(C)C)nc3cc(C)ccn23)cc1. The summed E-state index contributed by atoms with van der Waals surface area (Å²) >= 11 is 0. The van der Waals surface area contributed by atoms with Gasteiger partial charge in [0.15, 0.2) is 5.82 Å². The van der Waals surface area contributed by atoms with Crippen molar-refractivity contribution in [2.24, 2.45) is 10.2 Å². The Morgan fingerprint density at radius 3 is 2.42 bits per heavy atom. The Morgan fingerprint density at radius 1 is 1.12 bits per heavy atom. The maximum absolute atomic E-state index is 11.5. The molecule has 0 saturated heterocycles. The molecule has 2 aromatic heterocycles. The molecule has 0 N–H and O–H groups in total. The Bertz CT molecular complexity index is 979. The summed E-state index contributed by atoms with van der Waals surface area (Å²) in [5.41, 5.74) is 3.85. The van der Waals surface area contributed by atoms with E-state index in [-0.39, 0.29) is 11.4 Å². The largest absolute Gasteiger partial charge is 0.465 e. The van der Waals surface area contributed by atoms with E-state index >= 15 is 0 Å². The van der Waals surface area contributed by atoms with Gasteiger partial charge in [0.1, 0.15) is 5.65 Å². The molecule has 0 fully saturated rings. The Hall–Kier alpha value is -3.02. The second kappa shape index (κ2) is 6.71. The molecule has 26 heavy (non-hydrogen) atoms. The van der Waals surface area contributed by atoms with E-state index in [0.717, 1.165) is 16.9 Å². The van der Waals surface area contributed by atoms with Crippen LogP contribution in [0.4, 0.5) is 11.5 Å². The molecule has 0 aliphatic rings. The number of rotatable bonds is 3. The number of ether oxygens (including phenoxy) is 1. The number of methoxy groups -OCH3 is 1. The minimum Gasteiger partial charge on any atom is -0.465 e. The van der Waals surface area contributed by atoms with Gasteiger partial charge in [0, 0.05) is 11.6 Å². The van der Waals surface area contributed by atoms with Crippen LogP contribution in [0.3, 0.4) is 0 Å². The van der Waals surface area contributed by atoms with E-state index in [0.29, 0.717) is 17.1 Å². The van der Waals surface area contributed by atoms with Crippen molar-refractivity contribution in [3.8, 4) is 0 Å². The third-order valence-electron chi connectivity index (χ3n) is 4.02. The standard InChI is InChI=1S/C20H22N4O2/c1-13-10-11-24-16(12-13)21-17(20(2,3)4)18(24)23-22-15-8-6-14(7-9-15)19(25)26-5/h6-12H,1-5H3. The molecule has 6 nitrogen and oxygen atoms in total. The van der Waals surface area contributed by atoms with Gasteiger partial charge in [-0.15, -0.1) is 10.2 Å². The molecule has 1 aromatic carbocycles. The highest BCUT2D eigenvalue weighted by Gasteiger charge is 2.24. The lowest BCUT2D eigenvalue weighted by atomic mass is 9.92. The second-order valence-electron chi connectivity index (χ2n) is 7.20. The van der Waals surface area contributed by atoms with E-state index < -0.39 is 0 Å². The molecule has 0 atom stereocenters. The molecule has 6 heteroatoms. The number of azo groups is 1. The number of hydrogen-bond donors (Lipinski definition) is 0. The predicted octanol–water partition coefficient (Wildman–Crippen LogP) is 5.14. The summed E-state index contributed by atoms with van der Waals surface area (Å²) in [5.74, 6) is 0.338. The van der Waals surface area contributed by atoms with Crippen LogP contribution in [-0.2, 0) is 10.2 Å². The summed E-state index contributed by atoms with van der Waals surface area (Å²) in [6, 6.07) is 10.9. The molecule has 3 rings (SSSR count). The zero-order chi connectivity index (χ0) is 18.9. The van der Waals surface area contributed by atoms with Crippen molar-refractivity contribution in [1.82, 2.24) is 9.38 Å². The molecular weight excluding hydrogens is 328 g/mol. The first-order valence-electron chi connectivity index (χ1n) is 8.39. The van der Waals surface area contributed by atoms with E-state index in [9.17, 15) is 4.79 Å². The number of carbonyl (C=O) groups is 1. The average Bonchev–Trinajstić information content (AvgIpc) is 2.97. The van der Waals surface area contributed by atoms with E-state index in [2.05, 4.69) is 31.0 Å². The van der Waals surface area contributed by atoms with E-state index in [4.69, 9.17) is 9.72 Å². The van der Waals surface area contributed by atoms with Crippen molar-refractivity contribution in [3.05, 3.63) is 59.4 Å². The molecule has 0 amide bonds. The van der Waals surface area contributed by atoms with E-state index in [1.807, 2.05) is 29.7 Å². The number of fused-ring (bicyclic) bond motifs is 1. The maximum atomic E-state index is 11.5. The first-order chi connectivity index (χ1) is 12.3. The van der Waals surface area contributed by atoms with Crippen molar-refractivity contribution in [1.29, 1.82) is 0 Å². The lowest BCUT2D eigenvalue weighted by Crippen LogP contribution is -2.11. The van der Waals surface area contributed by atoms with Crippen LogP contribution in [0.1, 0.15) is 42.4 Å². The molecule has 0 unspecified atom stereocenters. The Balaban J connectivity index is 2.02. The molecule has 0 radical (unpaired) electrons. The van der Waals surface area contributed by atoms with Crippen LogP contribution in [0.2, 0.25) is 0 Å². The minimum absolute atomic E-state index is 0.164. The number of carbonyl (C=O) groups excluding carboxylic acids is 1. The molecule has 3 aromatic rings. The number of aryl methyl sites for hydroxylation is 1. The quantitative estimate of drug-likeness (QED) is 0.485. The first kappa shape index (κ1) is 17.8. The fraction of sp³-hybridized carbons (Fsp3) is 0.300. The zero-order valence-electron chi connectivity index (χ0n) is 15.6. The molecular formula is C20H22N4O2. The van der Waals surface area contributed by atoms with Crippen molar-refractivity contribution >= 4 is 23.1 Å². The van der Waals surface area contributed by atoms with E-state index in [1.54, 1.807) is 24.3 Å². The summed E-state index contributed by atoms with van der Waals surface area (Å²) in [7, 11) is 1.36. The number of hydrogen-bond acceptors (Lipinski definition) is 5. The highest BCUT2D eigenvalue weighted by Crippen LogP contribution is 2.33. The topological polar surface area (TPSA) is 68.3 Å². The fourth-order valence-corrected chi connectivity index (χ4v) is 2.62. The lowest BCUT2D eigenvalue weighted by molar-refractivity contribution is 0.0601. The van der Waals surface area contributed by atoms with Crippen molar-refractivity contribution in [3.63, 3.8) is 0 Å². The van der Waals surface area contributed by atoms with Crippen molar-refractivity contribution in [2.75, 3.05) is 7.11 Å². The average molecular weight is 350 g/mol. The van der Waals surface area contributed by atoms with Gasteiger partial charge in [-0.1, -0.05) is 20.8 Å². The van der Waals surface area contributed by atoms with Crippen molar-refractivity contribution in [2.45, 2.75) is 33.1 Å². The maximum Gasteiger partial charge on any atom is 0.337 e. The molecule has 0 aliphatic heterocycles. The first-order valence-corrected chi connectivity index (χ1v) is 8.39. The fourth-order valence-electron chi connectivity index (χ4n) is 2.62. The summed E-state index contributed by atoms with van der Waals surface area (Å²) in [4.78, 5) is 16.3. The van der Waals surface area contributed by atoms with Crippen LogP contribution in [0.15, 0.2) is 52.8 Å². The third kappa shape index (κ3) is 3.49. The number of benzene rings is 1. The summed E-state index contributed by atoms with van der Waals surface area (Å²) in [6.07, 6.45) is 1.96. The van der Waals surface area contributed by atoms with Gasteiger partial charge < -0.3 is 4.74 Å². The Kier molecular flexibility index (Phi) is 4.59. The second-order valence-corrected chi connectivity index (χ2v) is 7.20. The summed E-state index contributed by atoms with van der Waals surface area (Å²) in [5, 5.41) is 8.80. The zero-order valence-corrected chi connectivity index (χ0v) is 15.6. The van der Waals surface area contributed by atoms with Gasteiger partial charge in [-0.2, -0.15) is 0 Å². The lowest BCUT2D eigenvalue weighted by Gasteiger charge is -2.15. The van der Waals surface area contributed by atoms with Gasteiger partial charge >= 0.3 is 5.97 Å². The van der Waals surface area contributed by atoms with Gasteiger partial charge in [-0.05, 0) is 48.9 Å². The molecule has 0 bridgehead atoms. The van der Waals surface area contributed by atoms with Gasteiger partial charge in [0.05, 0.1) is 24.1 Å². The number of pyridine rings is 1. The summed E-state index contributed by atoms with van der Waals surface area (Å²) in [6.45, 7) is 8.35. The van der Waals surface area contributed by atoms with Crippen LogP contribution >= 0.6 is 0 Å². The van der Waals surface area contributed by atoms with Gasteiger partial charge in [0.25, 0.3) is 0 Å². The van der Waals surface area contributed by atoms with E-state index in [1.165, 1.54) is 7.11 Å². The minimum atomic E-state index is -0.374. The highest BCUT2D eigenvalue weighted by atomic mass is 16.5. The normalized spacial score (nSPS) is 12.0. The van der Waals surface area contributed by atoms with Crippen molar-refractivity contribution < 1.29 is 9.53 Å². The number of nitrogens with zero attached hydrogens (tertiary/aromatic N) is 4. The Labute approximate surface area is 152 Å². The number of imidazole rings is 1. The summed E-state index contributed by atoms with van der Waals surface area (Å²) < 4.78 is 6.65. The Morgan fingerprint density at radius 2 is 1.81 bits per heavy atom. The predicted molar refractivity (Wildman–Crippen MR) is 101 cm³/mol. The molecule has 134 valence electrons. The van der Waals surface area contributed by atoms with Gasteiger partial charge in [-0.3, -0.25) is 4.40 Å². The van der Waals surface area contributed by atoms with Crippen LogP contribution < -0.4 is 0 Å². The van der Waals surface area contributed by atoms with Crippen LogP contribution in [0, 0.1) is 6.92 Å². The molecule has 2 heterocycles. The highest BCUT2D eigenvalue weighted by molar-refractivity contribution is 5.89. The molecule has 0 saturated carbocycles. The number of esters is 1. The third-order valence-corrected chi connectivity index (χ3v) is 4.02. The number of aromatic nitrogens is 2. The van der Waals surface area contributed by atoms with Gasteiger partial charge in [0.2, 0.25) is 0 Å². The molecule has 0 aliphatic carbocycles. The van der Waals surface area contributed by atoms with Crippen LogP contribution in [0.5, 0.6) is 0 Å². The molecule has 0 spiro atoms. The van der Waals surface area contributed by atoms with Gasteiger partial charge in [-0.25, -0.2) is 9.78 Å². The smallest absolute Gasteiger partial charge is 0.337 e. The monoisotopic (exact) mass is 350 g/mol.